The largest absolute Gasteiger partial charge is 0.416 e. The first kappa shape index (κ1) is 19.4. The van der Waals surface area contributed by atoms with Crippen molar-refractivity contribution in [2.75, 3.05) is 11.4 Å². The molecule has 1 aliphatic heterocycles. The van der Waals surface area contributed by atoms with Crippen molar-refractivity contribution < 1.29 is 22.8 Å². The highest BCUT2D eigenvalue weighted by atomic mass is 79.9. The topological polar surface area (TPSA) is 49.4 Å². The van der Waals surface area contributed by atoms with Crippen LogP contribution < -0.4 is 10.2 Å². The van der Waals surface area contributed by atoms with Gasteiger partial charge in [0.2, 0.25) is 11.8 Å². The van der Waals surface area contributed by atoms with Crippen LogP contribution in [0, 0.1) is 5.92 Å². The second-order valence-corrected chi connectivity index (χ2v) is 7.14. The summed E-state index contributed by atoms with van der Waals surface area (Å²) in [5.41, 5.74) is 0.252. The predicted octanol–water partition coefficient (Wildman–Crippen LogP) is 4.14. The molecule has 2 aromatic carbocycles. The number of nitrogens with one attached hydrogen (secondary N) is 1. The average molecular weight is 441 g/mol. The number of nitrogens with zero attached hydrogens (tertiary/aromatic N) is 1. The maximum absolute atomic E-state index is 12.8. The van der Waals surface area contributed by atoms with Gasteiger partial charge in [0.1, 0.15) is 5.92 Å². The Morgan fingerprint density at radius 3 is 2.63 bits per heavy atom. The molecule has 142 valence electrons. The predicted molar refractivity (Wildman–Crippen MR) is 97.9 cm³/mol. The zero-order valence-corrected chi connectivity index (χ0v) is 15.7. The van der Waals surface area contributed by atoms with E-state index in [-0.39, 0.29) is 12.5 Å². The van der Waals surface area contributed by atoms with Gasteiger partial charge < -0.3 is 10.2 Å². The maximum Gasteiger partial charge on any atom is 0.416 e. The quantitative estimate of drug-likeness (QED) is 0.726. The van der Waals surface area contributed by atoms with Crippen molar-refractivity contribution in [3.63, 3.8) is 0 Å². The Morgan fingerprint density at radius 1 is 1.19 bits per heavy atom. The van der Waals surface area contributed by atoms with E-state index in [0.29, 0.717) is 24.2 Å². The summed E-state index contributed by atoms with van der Waals surface area (Å²) in [6.07, 6.45) is -4.08. The fourth-order valence-electron chi connectivity index (χ4n) is 2.99. The third-order valence-corrected chi connectivity index (χ3v) is 4.86. The number of anilines is 1. The van der Waals surface area contributed by atoms with Crippen molar-refractivity contribution in [3.8, 4) is 0 Å². The molecule has 27 heavy (non-hydrogen) atoms. The van der Waals surface area contributed by atoms with E-state index in [1.54, 1.807) is 23.1 Å². The van der Waals surface area contributed by atoms with Gasteiger partial charge in [-0.15, -0.1) is 0 Å². The Morgan fingerprint density at radius 2 is 1.93 bits per heavy atom. The third kappa shape index (κ3) is 4.50. The van der Waals surface area contributed by atoms with Crippen LogP contribution in [0.3, 0.4) is 0 Å². The normalized spacial score (nSPS) is 17.3. The van der Waals surface area contributed by atoms with E-state index >= 15 is 0 Å². The van der Waals surface area contributed by atoms with Crippen molar-refractivity contribution >= 4 is 33.4 Å². The number of benzene rings is 2. The van der Waals surface area contributed by atoms with E-state index in [9.17, 15) is 22.8 Å². The molecule has 0 spiro atoms. The van der Waals surface area contributed by atoms with Crippen LogP contribution in [-0.2, 0) is 22.3 Å². The molecule has 4 nitrogen and oxygen atoms in total. The lowest BCUT2D eigenvalue weighted by Gasteiger charge is -2.17. The van der Waals surface area contributed by atoms with Gasteiger partial charge in [-0.1, -0.05) is 34.1 Å². The van der Waals surface area contributed by atoms with Gasteiger partial charge in [-0.05, 0) is 42.3 Å². The molecule has 0 unspecified atom stereocenters. The van der Waals surface area contributed by atoms with E-state index in [4.69, 9.17) is 0 Å². The van der Waals surface area contributed by atoms with Crippen LogP contribution in [-0.4, -0.2) is 18.4 Å². The number of hydrogen-bond donors (Lipinski definition) is 1. The summed E-state index contributed by atoms with van der Waals surface area (Å²) in [6, 6.07) is 12.0. The summed E-state index contributed by atoms with van der Waals surface area (Å²) in [4.78, 5) is 26.5. The number of carbonyl (C=O) groups excluding carboxylic acids is 2. The monoisotopic (exact) mass is 440 g/mol. The molecule has 0 bridgehead atoms. The number of alkyl halides is 3. The molecule has 3 rings (SSSR count). The minimum Gasteiger partial charge on any atom is -0.351 e. The first-order chi connectivity index (χ1) is 12.8. The minimum atomic E-state index is -4.44. The molecule has 2 aromatic rings. The second-order valence-electron chi connectivity index (χ2n) is 6.23. The molecule has 0 aliphatic carbocycles. The molecular weight excluding hydrogens is 425 g/mol. The highest BCUT2D eigenvalue weighted by molar-refractivity contribution is 9.10. The lowest BCUT2D eigenvalue weighted by molar-refractivity contribution is -0.137. The molecule has 2 amide bonds. The smallest absolute Gasteiger partial charge is 0.351 e. The van der Waals surface area contributed by atoms with Crippen molar-refractivity contribution in [3.05, 3.63) is 64.1 Å². The average Bonchev–Trinajstić information content (AvgIpc) is 3.01. The third-order valence-electron chi connectivity index (χ3n) is 4.36. The van der Waals surface area contributed by atoms with Crippen LogP contribution in [0.4, 0.5) is 18.9 Å². The zero-order chi connectivity index (χ0) is 19.6. The molecule has 1 heterocycles. The Balaban J connectivity index is 1.63. The molecule has 0 radical (unpaired) electrons. The fourth-order valence-corrected chi connectivity index (χ4v) is 3.38. The van der Waals surface area contributed by atoms with Crippen LogP contribution >= 0.6 is 15.9 Å². The molecular formula is C19H16BrF3N2O2. The lowest BCUT2D eigenvalue weighted by atomic mass is 10.1. The van der Waals surface area contributed by atoms with E-state index in [2.05, 4.69) is 21.2 Å². The molecule has 0 saturated carbocycles. The molecule has 1 N–H and O–H groups in total. The van der Waals surface area contributed by atoms with Crippen LogP contribution in [0.25, 0.3) is 0 Å². The highest BCUT2D eigenvalue weighted by Gasteiger charge is 2.37. The van der Waals surface area contributed by atoms with Gasteiger partial charge in [0.15, 0.2) is 0 Å². The van der Waals surface area contributed by atoms with Gasteiger partial charge in [0, 0.05) is 23.2 Å². The van der Waals surface area contributed by atoms with Crippen molar-refractivity contribution in [2.24, 2.45) is 5.92 Å². The fraction of sp³-hybridized carbons (Fsp3) is 0.263. The summed E-state index contributed by atoms with van der Waals surface area (Å²) in [5.74, 6) is -1.63. The van der Waals surface area contributed by atoms with Crippen molar-refractivity contribution in [1.29, 1.82) is 0 Å². The standard InChI is InChI=1S/C19H16BrF3N2O2/c20-14-5-2-6-15(10-14)25-8-7-16(18(25)27)17(26)24-11-12-3-1-4-13(9-12)19(21,22)23/h1-6,9-10,16H,7-8,11H2,(H,24,26)/t16-/m1/s1. The van der Waals surface area contributed by atoms with E-state index < -0.39 is 23.6 Å². The van der Waals surface area contributed by atoms with Crippen LogP contribution in [0.2, 0.25) is 0 Å². The van der Waals surface area contributed by atoms with Gasteiger partial charge in [0.05, 0.1) is 5.56 Å². The summed E-state index contributed by atoms with van der Waals surface area (Å²) < 4.78 is 39.1. The summed E-state index contributed by atoms with van der Waals surface area (Å²) in [5, 5.41) is 2.57. The van der Waals surface area contributed by atoms with Crippen LogP contribution in [0.15, 0.2) is 53.0 Å². The molecule has 1 fully saturated rings. The number of hydrogen-bond acceptors (Lipinski definition) is 2. The Kier molecular flexibility index (Phi) is 5.55. The van der Waals surface area contributed by atoms with Gasteiger partial charge in [0.25, 0.3) is 0 Å². The zero-order valence-electron chi connectivity index (χ0n) is 14.1. The second kappa shape index (κ2) is 7.72. The highest BCUT2D eigenvalue weighted by Crippen LogP contribution is 2.30. The SMILES string of the molecule is O=C(NCc1cccc(C(F)(F)F)c1)[C@H]1CCN(c2cccc(Br)c2)C1=O. The molecule has 1 atom stereocenters. The van der Waals surface area contributed by atoms with Gasteiger partial charge in [-0.3, -0.25) is 9.59 Å². The van der Waals surface area contributed by atoms with E-state index in [1.165, 1.54) is 12.1 Å². The van der Waals surface area contributed by atoms with Gasteiger partial charge >= 0.3 is 6.18 Å². The van der Waals surface area contributed by atoms with Crippen LogP contribution in [0.5, 0.6) is 0 Å². The number of amides is 2. The first-order valence-electron chi connectivity index (χ1n) is 8.26. The molecule has 1 saturated heterocycles. The van der Waals surface area contributed by atoms with Crippen molar-refractivity contribution in [1.82, 2.24) is 5.32 Å². The Labute approximate surface area is 162 Å². The number of carbonyl (C=O) groups is 2. The summed E-state index contributed by atoms with van der Waals surface area (Å²) in [7, 11) is 0. The van der Waals surface area contributed by atoms with Gasteiger partial charge in [-0.2, -0.15) is 13.2 Å². The van der Waals surface area contributed by atoms with Crippen molar-refractivity contribution in [2.45, 2.75) is 19.1 Å². The van der Waals surface area contributed by atoms with E-state index in [1.807, 2.05) is 6.07 Å². The molecule has 0 aromatic heterocycles. The van der Waals surface area contributed by atoms with Crippen LogP contribution in [0.1, 0.15) is 17.5 Å². The minimum absolute atomic E-state index is 0.0661. The molecule has 8 heteroatoms. The molecule has 1 aliphatic rings. The summed E-state index contributed by atoms with van der Waals surface area (Å²) >= 11 is 3.35. The Hall–Kier alpha value is -2.35. The summed E-state index contributed by atoms with van der Waals surface area (Å²) in [6.45, 7) is 0.348. The lowest BCUT2D eigenvalue weighted by Crippen LogP contribution is -2.36. The Bertz CT molecular complexity index is 870. The number of rotatable bonds is 4. The number of halogens is 4. The van der Waals surface area contributed by atoms with E-state index in [0.717, 1.165) is 16.6 Å². The first-order valence-corrected chi connectivity index (χ1v) is 9.06. The maximum atomic E-state index is 12.8. The van der Waals surface area contributed by atoms with Gasteiger partial charge in [-0.25, -0.2) is 0 Å².